The maximum Gasteiger partial charge on any atom is 0.329 e. The number of hydrogen-bond acceptors (Lipinski definition) is 6. The topological polar surface area (TPSA) is 68.3 Å². The average Bonchev–Trinajstić information content (AvgIpc) is 3.36. The van der Waals surface area contributed by atoms with E-state index in [1.54, 1.807) is 11.3 Å². The van der Waals surface area contributed by atoms with E-state index in [9.17, 15) is 9.59 Å². The highest BCUT2D eigenvalue weighted by atomic mass is 32.1. The van der Waals surface area contributed by atoms with E-state index in [1.807, 2.05) is 66.4 Å². The van der Waals surface area contributed by atoms with Gasteiger partial charge in [-0.25, -0.2) is 9.78 Å². The number of esters is 1. The van der Waals surface area contributed by atoms with E-state index < -0.39 is 12.0 Å². The molecule has 0 saturated carbocycles. The first-order valence-electron chi connectivity index (χ1n) is 9.00. The van der Waals surface area contributed by atoms with Gasteiger partial charge < -0.3 is 10.1 Å². The molecular formula is C21H22N2O3S2. The Morgan fingerprint density at radius 1 is 1.14 bits per heavy atom. The first kappa shape index (κ1) is 20.2. The minimum atomic E-state index is -0.689. The lowest BCUT2D eigenvalue weighted by molar-refractivity contribution is -0.150. The molecule has 0 aliphatic rings. The molecule has 146 valence electrons. The van der Waals surface area contributed by atoms with Gasteiger partial charge >= 0.3 is 5.97 Å². The predicted molar refractivity (Wildman–Crippen MR) is 112 cm³/mol. The fraction of sp³-hybridized carbons (Fsp3) is 0.286. The summed E-state index contributed by atoms with van der Waals surface area (Å²) in [4.78, 5) is 29.3. The summed E-state index contributed by atoms with van der Waals surface area (Å²) < 4.78 is 5.43. The summed E-state index contributed by atoms with van der Waals surface area (Å²) in [6.07, 6.45) is 0.230. The Morgan fingerprint density at radius 2 is 1.93 bits per heavy atom. The third kappa shape index (κ3) is 5.50. The number of thiazole rings is 1. The first-order chi connectivity index (χ1) is 13.5. The highest BCUT2D eigenvalue weighted by molar-refractivity contribution is 7.14. The molecule has 0 saturated heterocycles. The Labute approximate surface area is 172 Å². The molecule has 0 bridgehead atoms. The summed E-state index contributed by atoms with van der Waals surface area (Å²) in [5, 5.41) is 9.63. The molecule has 0 unspecified atom stereocenters. The number of amides is 1. The van der Waals surface area contributed by atoms with E-state index in [1.165, 1.54) is 11.3 Å². The van der Waals surface area contributed by atoms with Crippen molar-refractivity contribution < 1.29 is 14.3 Å². The van der Waals surface area contributed by atoms with Gasteiger partial charge in [0.2, 0.25) is 5.91 Å². The van der Waals surface area contributed by atoms with Gasteiger partial charge in [-0.2, -0.15) is 11.3 Å². The highest BCUT2D eigenvalue weighted by Gasteiger charge is 2.26. The van der Waals surface area contributed by atoms with Crippen molar-refractivity contribution in [1.29, 1.82) is 0 Å². The van der Waals surface area contributed by atoms with Crippen LogP contribution in [0.1, 0.15) is 25.1 Å². The molecule has 0 spiro atoms. The normalized spacial score (nSPS) is 12.0. The quantitative estimate of drug-likeness (QED) is 0.558. The summed E-state index contributed by atoms with van der Waals surface area (Å²) >= 11 is 3.14. The SMILES string of the molecule is CC(C)[C@@H](NC(=O)Cc1ccccc1)C(=O)OCc1csc(-c2ccsc2)n1. The molecule has 1 aromatic carbocycles. The van der Waals surface area contributed by atoms with Crippen LogP contribution in [-0.4, -0.2) is 22.9 Å². The number of nitrogens with one attached hydrogen (secondary N) is 1. The van der Waals surface area contributed by atoms with Crippen LogP contribution in [0.5, 0.6) is 0 Å². The zero-order valence-electron chi connectivity index (χ0n) is 15.8. The zero-order chi connectivity index (χ0) is 19.9. The first-order valence-corrected chi connectivity index (χ1v) is 10.8. The van der Waals surface area contributed by atoms with Crippen LogP contribution >= 0.6 is 22.7 Å². The molecule has 0 aliphatic heterocycles. The summed E-state index contributed by atoms with van der Waals surface area (Å²) in [6, 6.07) is 10.8. The Bertz CT molecular complexity index is 905. The van der Waals surface area contributed by atoms with Crippen molar-refractivity contribution >= 4 is 34.6 Å². The number of carbonyl (C=O) groups is 2. The number of thiophene rings is 1. The third-order valence-electron chi connectivity index (χ3n) is 4.13. The largest absolute Gasteiger partial charge is 0.458 e. The fourth-order valence-corrected chi connectivity index (χ4v) is 4.15. The van der Waals surface area contributed by atoms with Crippen LogP contribution in [0, 0.1) is 5.92 Å². The molecule has 0 fully saturated rings. The Hall–Kier alpha value is -2.51. The number of carbonyl (C=O) groups excluding carboxylic acids is 2. The van der Waals surface area contributed by atoms with E-state index in [-0.39, 0.29) is 24.9 Å². The van der Waals surface area contributed by atoms with Crippen molar-refractivity contribution in [2.24, 2.45) is 5.92 Å². The molecule has 7 heteroatoms. The molecule has 1 atom stereocenters. The van der Waals surface area contributed by atoms with Crippen LogP contribution < -0.4 is 5.32 Å². The van der Waals surface area contributed by atoms with Gasteiger partial charge in [-0.3, -0.25) is 4.79 Å². The molecular weight excluding hydrogens is 392 g/mol. The van der Waals surface area contributed by atoms with E-state index in [0.29, 0.717) is 5.69 Å². The number of rotatable bonds is 8. The summed E-state index contributed by atoms with van der Waals surface area (Å²) in [5.74, 6) is -0.722. The maximum atomic E-state index is 12.5. The second kappa shape index (κ2) is 9.61. The Morgan fingerprint density at radius 3 is 2.61 bits per heavy atom. The van der Waals surface area contributed by atoms with Crippen molar-refractivity contribution in [3.05, 3.63) is 63.8 Å². The van der Waals surface area contributed by atoms with Crippen molar-refractivity contribution in [3.8, 4) is 10.6 Å². The molecule has 3 aromatic rings. The average molecular weight is 415 g/mol. The third-order valence-corrected chi connectivity index (χ3v) is 5.75. The number of hydrogen-bond donors (Lipinski definition) is 1. The molecule has 1 amide bonds. The molecule has 0 radical (unpaired) electrons. The van der Waals surface area contributed by atoms with Crippen LogP contribution in [0.2, 0.25) is 0 Å². The van der Waals surface area contributed by atoms with Gasteiger partial charge in [0.05, 0.1) is 12.1 Å². The molecule has 28 heavy (non-hydrogen) atoms. The number of aromatic nitrogens is 1. The predicted octanol–water partition coefficient (Wildman–Crippen LogP) is 4.30. The van der Waals surface area contributed by atoms with Crippen LogP contribution in [0.15, 0.2) is 52.5 Å². The molecule has 0 aliphatic carbocycles. The van der Waals surface area contributed by atoms with Gasteiger partial charge in [0.15, 0.2) is 0 Å². The molecule has 1 N–H and O–H groups in total. The van der Waals surface area contributed by atoms with Crippen LogP contribution in [-0.2, 0) is 27.4 Å². The van der Waals surface area contributed by atoms with Gasteiger partial charge in [0.25, 0.3) is 0 Å². The molecule has 2 aromatic heterocycles. The standard InChI is InChI=1S/C21H22N2O3S2/c1-14(2)19(23-18(24)10-15-6-4-3-5-7-15)21(25)26-11-17-13-28-20(22-17)16-8-9-27-12-16/h3-9,12-14,19H,10-11H2,1-2H3,(H,23,24)/t19-/m1/s1. The number of ether oxygens (including phenoxy) is 1. The summed E-state index contributed by atoms with van der Waals surface area (Å²) in [6.45, 7) is 3.86. The maximum absolute atomic E-state index is 12.5. The second-order valence-corrected chi connectivity index (χ2v) is 8.35. The van der Waals surface area contributed by atoms with Gasteiger partial charge in [0, 0.05) is 16.3 Å². The molecule has 2 heterocycles. The van der Waals surface area contributed by atoms with Gasteiger partial charge in [-0.1, -0.05) is 44.2 Å². The van der Waals surface area contributed by atoms with Crippen molar-refractivity contribution in [2.75, 3.05) is 0 Å². The summed E-state index contributed by atoms with van der Waals surface area (Å²) in [5.41, 5.74) is 2.68. The second-order valence-electron chi connectivity index (χ2n) is 6.72. The van der Waals surface area contributed by atoms with Gasteiger partial charge in [-0.15, -0.1) is 11.3 Å². The van der Waals surface area contributed by atoms with Gasteiger partial charge in [-0.05, 0) is 22.9 Å². The van der Waals surface area contributed by atoms with Crippen LogP contribution in [0.3, 0.4) is 0 Å². The Kier molecular flexibility index (Phi) is 6.95. The van der Waals surface area contributed by atoms with Crippen molar-refractivity contribution in [3.63, 3.8) is 0 Å². The number of benzene rings is 1. The van der Waals surface area contributed by atoms with E-state index in [2.05, 4.69) is 10.3 Å². The van der Waals surface area contributed by atoms with E-state index in [0.717, 1.165) is 16.1 Å². The van der Waals surface area contributed by atoms with Crippen molar-refractivity contribution in [2.45, 2.75) is 32.9 Å². The Balaban J connectivity index is 1.55. The summed E-state index contributed by atoms with van der Waals surface area (Å²) in [7, 11) is 0. The zero-order valence-corrected chi connectivity index (χ0v) is 17.4. The van der Waals surface area contributed by atoms with Crippen LogP contribution in [0.4, 0.5) is 0 Å². The molecule has 3 rings (SSSR count). The smallest absolute Gasteiger partial charge is 0.329 e. The van der Waals surface area contributed by atoms with Gasteiger partial charge in [0.1, 0.15) is 17.7 Å². The minimum absolute atomic E-state index is 0.0796. The fourth-order valence-electron chi connectivity index (χ4n) is 2.63. The monoisotopic (exact) mass is 414 g/mol. The highest BCUT2D eigenvalue weighted by Crippen LogP contribution is 2.26. The minimum Gasteiger partial charge on any atom is -0.458 e. The van der Waals surface area contributed by atoms with E-state index in [4.69, 9.17) is 4.74 Å². The lowest BCUT2D eigenvalue weighted by Gasteiger charge is -2.20. The van der Waals surface area contributed by atoms with Crippen molar-refractivity contribution in [1.82, 2.24) is 10.3 Å². The number of nitrogens with zero attached hydrogens (tertiary/aromatic N) is 1. The van der Waals surface area contributed by atoms with E-state index >= 15 is 0 Å². The van der Waals surface area contributed by atoms with Crippen LogP contribution in [0.25, 0.3) is 10.6 Å². The lowest BCUT2D eigenvalue weighted by Crippen LogP contribution is -2.45. The lowest BCUT2D eigenvalue weighted by atomic mass is 10.0. The molecule has 5 nitrogen and oxygen atoms in total.